The van der Waals surface area contributed by atoms with Crippen LogP contribution in [0.25, 0.3) is 10.9 Å². The van der Waals surface area contributed by atoms with E-state index in [0.29, 0.717) is 24.2 Å². The lowest BCUT2D eigenvalue weighted by atomic mass is 10.0. The molecular formula is C22H21N3O2. The van der Waals surface area contributed by atoms with Gasteiger partial charge in [-0.2, -0.15) is 0 Å². The molecule has 2 N–H and O–H groups in total. The van der Waals surface area contributed by atoms with Crippen LogP contribution in [0.4, 0.5) is 11.4 Å². The molecular weight excluding hydrogens is 338 g/mol. The predicted molar refractivity (Wildman–Crippen MR) is 107 cm³/mol. The van der Waals surface area contributed by atoms with Crippen LogP contribution in [0.3, 0.4) is 0 Å². The molecule has 0 atom stereocenters. The van der Waals surface area contributed by atoms with Gasteiger partial charge in [-0.15, -0.1) is 0 Å². The normalized spacial score (nSPS) is 14.6. The molecule has 27 heavy (non-hydrogen) atoms. The highest BCUT2D eigenvalue weighted by atomic mass is 16.2. The van der Waals surface area contributed by atoms with E-state index in [2.05, 4.69) is 15.6 Å². The first kappa shape index (κ1) is 17.2. The number of nitrogens with one attached hydrogen (secondary N) is 2. The summed E-state index contributed by atoms with van der Waals surface area (Å²) >= 11 is 0. The maximum atomic E-state index is 12.9. The molecule has 0 spiro atoms. The molecule has 2 aromatic carbocycles. The zero-order valence-electron chi connectivity index (χ0n) is 15.4. The summed E-state index contributed by atoms with van der Waals surface area (Å²) in [7, 11) is 0. The highest BCUT2D eigenvalue weighted by Crippen LogP contribution is 2.47. The van der Waals surface area contributed by atoms with Gasteiger partial charge in [-0.3, -0.25) is 14.6 Å². The van der Waals surface area contributed by atoms with E-state index in [1.54, 1.807) is 6.20 Å². The Hall–Kier alpha value is -3.21. The Balaban J connectivity index is 1.54. The molecule has 0 unspecified atom stereocenters. The van der Waals surface area contributed by atoms with Crippen molar-refractivity contribution >= 4 is 34.1 Å². The number of carbonyl (C=O) groups is 2. The van der Waals surface area contributed by atoms with Crippen LogP contribution in [-0.2, 0) is 9.59 Å². The largest absolute Gasteiger partial charge is 0.325 e. The first-order valence-electron chi connectivity index (χ1n) is 9.03. The lowest BCUT2D eigenvalue weighted by Gasteiger charge is -2.16. The second-order valence-corrected chi connectivity index (χ2v) is 7.17. The van der Waals surface area contributed by atoms with E-state index >= 15 is 0 Å². The lowest BCUT2D eigenvalue weighted by Crippen LogP contribution is -2.35. The Bertz CT molecular complexity index is 1050. The number of nitrogens with zero attached hydrogens (tertiary/aromatic N) is 1. The van der Waals surface area contributed by atoms with Crippen molar-refractivity contribution < 1.29 is 9.59 Å². The second-order valence-electron chi connectivity index (χ2n) is 7.17. The van der Waals surface area contributed by atoms with Crippen molar-refractivity contribution in [3.63, 3.8) is 0 Å². The van der Waals surface area contributed by atoms with Crippen molar-refractivity contribution in [2.24, 2.45) is 5.41 Å². The average Bonchev–Trinajstić information content (AvgIpc) is 3.47. The van der Waals surface area contributed by atoms with Crippen LogP contribution < -0.4 is 10.6 Å². The van der Waals surface area contributed by atoms with Crippen molar-refractivity contribution in [1.82, 2.24) is 4.98 Å². The van der Waals surface area contributed by atoms with Crippen molar-refractivity contribution in [2.75, 3.05) is 10.6 Å². The minimum Gasteiger partial charge on any atom is -0.325 e. The Morgan fingerprint density at radius 3 is 2.41 bits per heavy atom. The maximum absolute atomic E-state index is 12.9. The van der Waals surface area contributed by atoms with E-state index in [1.165, 1.54) is 0 Å². The van der Waals surface area contributed by atoms with Gasteiger partial charge in [0.1, 0.15) is 5.41 Å². The van der Waals surface area contributed by atoms with E-state index in [1.807, 2.05) is 62.4 Å². The molecule has 1 saturated carbocycles. The quantitative estimate of drug-likeness (QED) is 0.686. The Morgan fingerprint density at radius 1 is 0.926 bits per heavy atom. The molecule has 1 aliphatic carbocycles. The van der Waals surface area contributed by atoms with Gasteiger partial charge in [-0.1, -0.05) is 24.3 Å². The van der Waals surface area contributed by atoms with Crippen LogP contribution in [0.2, 0.25) is 0 Å². The number of rotatable bonds is 4. The number of hydrogen-bond donors (Lipinski definition) is 2. The second kappa shape index (κ2) is 6.50. The van der Waals surface area contributed by atoms with Crippen LogP contribution >= 0.6 is 0 Å². The number of hydrogen-bond acceptors (Lipinski definition) is 3. The summed E-state index contributed by atoms with van der Waals surface area (Å²) in [5.41, 5.74) is 3.32. The molecule has 0 saturated heterocycles. The Labute approximate surface area is 157 Å². The number of pyridine rings is 1. The third-order valence-electron chi connectivity index (χ3n) is 5.26. The number of carbonyl (C=O) groups excluding carboxylic acids is 2. The fraction of sp³-hybridized carbons (Fsp3) is 0.227. The monoisotopic (exact) mass is 359 g/mol. The zero-order valence-corrected chi connectivity index (χ0v) is 15.4. The summed E-state index contributed by atoms with van der Waals surface area (Å²) < 4.78 is 0. The first-order valence-corrected chi connectivity index (χ1v) is 9.03. The number of amides is 2. The summed E-state index contributed by atoms with van der Waals surface area (Å²) in [6.07, 6.45) is 2.79. The van der Waals surface area contributed by atoms with Gasteiger partial charge in [-0.05, 0) is 62.1 Å². The van der Waals surface area contributed by atoms with Crippen LogP contribution in [-0.4, -0.2) is 16.8 Å². The standard InChI is InChI=1S/C22H21N3O2/c1-14-8-9-17(13-15(14)2)24-20(26)22(10-11-22)21(27)25-18-7-3-5-16-6-4-12-23-19(16)18/h3-9,12-13H,10-11H2,1-2H3,(H,24,26)(H,25,27). The Kier molecular flexibility index (Phi) is 4.15. The van der Waals surface area contributed by atoms with Gasteiger partial charge >= 0.3 is 0 Å². The molecule has 0 bridgehead atoms. The SMILES string of the molecule is Cc1ccc(NC(=O)C2(C(=O)Nc3cccc4cccnc34)CC2)cc1C. The van der Waals surface area contributed by atoms with E-state index in [9.17, 15) is 9.59 Å². The van der Waals surface area contributed by atoms with Gasteiger partial charge in [0.15, 0.2) is 0 Å². The third kappa shape index (κ3) is 3.16. The molecule has 1 aliphatic rings. The predicted octanol–water partition coefficient (Wildman–Crippen LogP) is 4.21. The number of fused-ring (bicyclic) bond motifs is 1. The molecule has 3 aromatic rings. The lowest BCUT2D eigenvalue weighted by molar-refractivity contribution is -0.131. The van der Waals surface area contributed by atoms with Crippen molar-refractivity contribution in [1.29, 1.82) is 0 Å². The van der Waals surface area contributed by atoms with E-state index in [-0.39, 0.29) is 11.8 Å². The summed E-state index contributed by atoms with van der Waals surface area (Å²) in [6, 6.07) is 15.2. The molecule has 1 aromatic heterocycles. The molecule has 4 rings (SSSR count). The van der Waals surface area contributed by atoms with E-state index < -0.39 is 5.41 Å². The minimum atomic E-state index is -1.00. The fourth-order valence-corrected chi connectivity index (χ4v) is 3.20. The van der Waals surface area contributed by atoms with Gasteiger partial charge in [0.25, 0.3) is 0 Å². The van der Waals surface area contributed by atoms with Gasteiger partial charge < -0.3 is 10.6 Å². The number of benzene rings is 2. The number of aryl methyl sites for hydroxylation is 2. The maximum Gasteiger partial charge on any atom is 0.240 e. The molecule has 1 fully saturated rings. The van der Waals surface area contributed by atoms with Gasteiger partial charge in [0.2, 0.25) is 11.8 Å². The average molecular weight is 359 g/mol. The summed E-state index contributed by atoms with van der Waals surface area (Å²) in [4.78, 5) is 30.0. The Morgan fingerprint density at radius 2 is 1.67 bits per heavy atom. The highest BCUT2D eigenvalue weighted by Gasteiger charge is 2.56. The fourth-order valence-electron chi connectivity index (χ4n) is 3.20. The molecule has 1 heterocycles. The molecule has 0 aliphatic heterocycles. The summed E-state index contributed by atoms with van der Waals surface area (Å²) in [6.45, 7) is 4.02. The number of anilines is 2. The van der Waals surface area contributed by atoms with Crippen LogP contribution in [0.1, 0.15) is 24.0 Å². The summed E-state index contributed by atoms with van der Waals surface area (Å²) in [5.74, 6) is -0.529. The van der Waals surface area contributed by atoms with Crippen molar-refractivity contribution in [3.8, 4) is 0 Å². The molecule has 136 valence electrons. The zero-order chi connectivity index (χ0) is 19.0. The number of aromatic nitrogens is 1. The first-order chi connectivity index (χ1) is 13.0. The third-order valence-corrected chi connectivity index (χ3v) is 5.26. The van der Waals surface area contributed by atoms with Gasteiger partial charge in [0, 0.05) is 17.3 Å². The number of para-hydroxylation sites is 1. The van der Waals surface area contributed by atoms with E-state index in [0.717, 1.165) is 22.0 Å². The van der Waals surface area contributed by atoms with Crippen molar-refractivity contribution in [2.45, 2.75) is 26.7 Å². The van der Waals surface area contributed by atoms with Crippen LogP contribution in [0.15, 0.2) is 54.7 Å². The van der Waals surface area contributed by atoms with Crippen molar-refractivity contribution in [3.05, 3.63) is 65.9 Å². The molecule has 5 heteroatoms. The minimum absolute atomic E-state index is 0.253. The van der Waals surface area contributed by atoms with Gasteiger partial charge in [-0.25, -0.2) is 0 Å². The molecule has 2 amide bonds. The van der Waals surface area contributed by atoms with Gasteiger partial charge in [0.05, 0.1) is 11.2 Å². The summed E-state index contributed by atoms with van der Waals surface area (Å²) in [5, 5.41) is 6.76. The molecule has 0 radical (unpaired) electrons. The highest BCUT2D eigenvalue weighted by molar-refractivity contribution is 6.18. The van der Waals surface area contributed by atoms with Crippen LogP contribution in [0, 0.1) is 19.3 Å². The smallest absolute Gasteiger partial charge is 0.240 e. The van der Waals surface area contributed by atoms with Crippen LogP contribution in [0.5, 0.6) is 0 Å². The van der Waals surface area contributed by atoms with E-state index in [4.69, 9.17) is 0 Å². The topological polar surface area (TPSA) is 71.1 Å². The molecule has 5 nitrogen and oxygen atoms in total.